The molecule has 24 heavy (non-hydrogen) atoms. The Morgan fingerprint density at radius 3 is 2.33 bits per heavy atom. The molecule has 2 heterocycles. The molecule has 0 radical (unpaired) electrons. The fraction of sp³-hybridized carbons (Fsp3) is 0.389. The van der Waals surface area contributed by atoms with Crippen LogP contribution in [-0.2, 0) is 6.54 Å². The van der Waals surface area contributed by atoms with E-state index in [1.165, 1.54) is 25.7 Å². The number of rotatable bonds is 4. The number of anilines is 1. The lowest BCUT2D eigenvalue weighted by molar-refractivity contribution is 0.0945. The quantitative estimate of drug-likeness (QED) is 0.923. The van der Waals surface area contributed by atoms with Gasteiger partial charge in [-0.05, 0) is 42.7 Å². The molecule has 126 valence electrons. The number of benzene rings is 1. The van der Waals surface area contributed by atoms with Gasteiger partial charge in [0, 0.05) is 24.7 Å². The predicted octanol–water partition coefficient (Wildman–Crippen LogP) is 3.44. The first-order valence-electron chi connectivity index (χ1n) is 8.34. The molecule has 1 amide bonds. The Kier molecular flexibility index (Phi) is 5.64. The van der Waals surface area contributed by atoms with E-state index in [4.69, 9.17) is 11.6 Å². The predicted molar refractivity (Wildman–Crippen MR) is 95.3 cm³/mol. The minimum Gasteiger partial charge on any atom is -0.355 e. The largest absolute Gasteiger partial charge is 0.355 e. The second-order valence-electron chi connectivity index (χ2n) is 5.99. The maximum Gasteiger partial charge on any atom is 0.272 e. The minimum atomic E-state index is -0.222. The van der Waals surface area contributed by atoms with Gasteiger partial charge >= 0.3 is 0 Å². The van der Waals surface area contributed by atoms with Gasteiger partial charge in [-0.25, -0.2) is 0 Å². The number of amides is 1. The van der Waals surface area contributed by atoms with Crippen LogP contribution in [0.1, 0.15) is 41.7 Å². The van der Waals surface area contributed by atoms with Gasteiger partial charge in [-0.3, -0.25) is 4.79 Å². The molecule has 0 aliphatic carbocycles. The van der Waals surface area contributed by atoms with Gasteiger partial charge in [0.05, 0.1) is 0 Å². The maximum absolute atomic E-state index is 12.2. The summed E-state index contributed by atoms with van der Waals surface area (Å²) in [7, 11) is 0. The molecule has 0 bridgehead atoms. The van der Waals surface area contributed by atoms with E-state index in [1.54, 1.807) is 18.2 Å². The van der Waals surface area contributed by atoms with Crippen LogP contribution in [0.5, 0.6) is 0 Å². The molecule has 3 rings (SSSR count). The first kappa shape index (κ1) is 16.7. The Hall–Kier alpha value is -2.14. The molecule has 2 aromatic rings. The highest BCUT2D eigenvalue weighted by molar-refractivity contribution is 6.30. The topological polar surface area (TPSA) is 58.1 Å². The van der Waals surface area contributed by atoms with Crippen LogP contribution in [0.15, 0.2) is 36.4 Å². The van der Waals surface area contributed by atoms with Crippen LogP contribution in [0.4, 0.5) is 5.82 Å². The summed E-state index contributed by atoms with van der Waals surface area (Å²) >= 11 is 5.85. The molecule has 1 aliphatic rings. The fourth-order valence-corrected chi connectivity index (χ4v) is 2.92. The summed E-state index contributed by atoms with van der Waals surface area (Å²) in [5, 5.41) is 11.8. The number of halogens is 1. The molecule has 6 heteroatoms. The van der Waals surface area contributed by atoms with E-state index in [2.05, 4.69) is 20.4 Å². The Morgan fingerprint density at radius 1 is 1.00 bits per heavy atom. The normalized spacial score (nSPS) is 15.0. The summed E-state index contributed by atoms with van der Waals surface area (Å²) in [5.41, 5.74) is 1.32. The van der Waals surface area contributed by atoms with E-state index < -0.39 is 0 Å². The standard InChI is InChI=1S/C18H21ClN4O/c19-15-7-5-14(6-8-15)13-20-18(24)16-9-10-17(22-21-16)23-11-3-1-2-4-12-23/h5-10H,1-4,11-13H2,(H,20,24). The monoisotopic (exact) mass is 344 g/mol. The summed E-state index contributed by atoms with van der Waals surface area (Å²) in [6.45, 7) is 2.46. The smallest absolute Gasteiger partial charge is 0.272 e. The van der Waals surface area contributed by atoms with E-state index in [-0.39, 0.29) is 5.91 Å². The summed E-state index contributed by atoms with van der Waals surface area (Å²) in [6, 6.07) is 11.0. The Balaban J connectivity index is 1.58. The van der Waals surface area contributed by atoms with Crippen LogP contribution in [-0.4, -0.2) is 29.2 Å². The lowest BCUT2D eigenvalue weighted by Gasteiger charge is -2.20. The zero-order valence-electron chi connectivity index (χ0n) is 13.5. The van der Waals surface area contributed by atoms with E-state index >= 15 is 0 Å². The molecule has 1 saturated heterocycles. The van der Waals surface area contributed by atoms with Gasteiger partial charge in [0.1, 0.15) is 0 Å². The van der Waals surface area contributed by atoms with Crippen molar-refractivity contribution in [2.75, 3.05) is 18.0 Å². The van der Waals surface area contributed by atoms with E-state index in [9.17, 15) is 4.79 Å². The average Bonchev–Trinajstić information content (AvgIpc) is 2.90. The Morgan fingerprint density at radius 2 is 1.71 bits per heavy atom. The van der Waals surface area contributed by atoms with Gasteiger partial charge in [-0.1, -0.05) is 36.6 Å². The van der Waals surface area contributed by atoms with Gasteiger partial charge in [0.25, 0.3) is 5.91 Å². The Labute approximate surface area is 147 Å². The lowest BCUT2D eigenvalue weighted by Crippen LogP contribution is -2.27. The summed E-state index contributed by atoms with van der Waals surface area (Å²) in [6.07, 6.45) is 4.92. The lowest BCUT2D eigenvalue weighted by atomic mass is 10.2. The van der Waals surface area contributed by atoms with Crippen molar-refractivity contribution in [2.24, 2.45) is 0 Å². The molecular weight excluding hydrogens is 324 g/mol. The average molecular weight is 345 g/mol. The second kappa shape index (κ2) is 8.11. The van der Waals surface area contributed by atoms with Crippen molar-refractivity contribution in [3.05, 3.63) is 52.7 Å². The summed E-state index contributed by atoms with van der Waals surface area (Å²) in [4.78, 5) is 14.4. The molecule has 1 aromatic heterocycles. The molecule has 1 aliphatic heterocycles. The van der Waals surface area contributed by atoms with Gasteiger partial charge in [-0.2, -0.15) is 0 Å². The highest BCUT2D eigenvalue weighted by atomic mass is 35.5. The van der Waals surface area contributed by atoms with Crippen LogP contribution in [0.2, 0.25) is 5.02 Å². The molecule has 1 fully saturated rings. The van der Waals surface area contributed by atoms with E-state index in [1.807, 2.05) is 18.2 Å². The third kappa shape index (κ3) is 4.45. The second-order valence-corrected chi connectivity index (χ2v) is 6.42. The van der Waals surface area contributed by atoms with Crippen LogP contribution < -0.4 is 10.2 Å². The summed E-state index contributed by atoms with van der Waals surface area (Å²) in [5.74, 6) is 0.631. The van der Waals surface area contributed by atoms with Gasteiger partial charge in [0.2, 0.25) is 0 Å². The zero-order chi connectivity index (χ0) is 16.8. The fourth-order valence-electron chi connectivity index (χ4n) is 2.79. The first-order valence-corrected chi connectivity index (χ1v) is 8.71. The molecule has 0 saturated carbocycles. The van der Waals surface area contributed by atoms with Gasteiger partial charge < -0.3 is 10.2 Å². The van der Waals surface area contributed by atoms with Crippen LogP contribution in [0, 0.1) is 0 Å². The number of carbonyl (C=O) groups is 1. The number of carbonyl (C=O) groups excluding carboxylic acids is 1. The van der Waals surface area contributed by atoms with Crippen LogP contribution >= 0.6 is 11.6 Å². The van der Waals surface area contributed by atoms with Crippen LogP contribution in [0.25, 0.3) is 0 Å². The molecule has 0 atom stereocenters. The van der Waals surface area contributed by atoms with Crippen molar-refractivity contribution in [1.29, 1.82) is 0 Å². The van der Waals surface area contributed by atoms with Crippen molar-refractivity contribution >= 4 is 23.3 Å². The highest BCUT2D eigenvalue weighted by Gasteiger charge is 2.13. The minimum absolute atomic E-state index is 0.222. The van der Waals surface area contributed by atoms with Crippen molar-refractivity contribution in [2.45, 2.75) is 32.2 Å². The maximum atomic E-state index is 12.2. The molecule has 1 aromatic carbocycles. The Bertz CT molecular complexity index is 664. The SMILES string of the molecule is O=C(NCc1ccc(Cl)cc1)c1ccc(N2CCCCCC2)nn1. The van der Waals surface area contributed by atoms with E-state index in [0.717, 1.165) is 24.5 Å². The van der Waals surface area contributed by atoms with Crippen molar-refractivity contribution in [3.8, 4) is 0 Å². The number of nitrogens with zero attached hydrogens (tertiary/aromatic N) is 3. The van der Waals surface area contributed by atoms with Crippen LogP contribution in [0.3, 0.4) is 0 Å². The third-order valence-corrected chi connectivity index (χ3v) is 4.43. The van der Waals surface area contributed by atoms with Gasteiger partial charge in [0.15, 0.2) is 11.5 Å². The highest BCUT2D eigenvalue weighted by Crippen LogP contribution is 2.16. The molecule has 0 unspecified atom stereocenters. The number of aromatic nitrogens is 2. The first-order chi connectivity index (χ1) is 11.7. The third-order valence-electron chi connectivity index (χ3n) is 4.18. The molecule has 5 nitrogen and oxygen atoms in total. The van der Waals surface area contributed by atoms with Crippen molar-refractivity contribution < 1.29 is 4.79 Å². The van der Waals surface area contributed by atoms with E-state index in [0.29, 0.717) is 17.3 Å². The number of nitrogens with one attached hydrogen (secondary N) is 1. The summed E-state index contributed by atoms with van der Waals surface area (Å²) < 4.78 is 0. The molecular formula is C18H21ClN4O. The number of hydrogen-bond acceptors (Lipinski definition) is 4. The van der Waals surface area contributed by atoms with Crippen molar-refractivity contribution in [3.63, 3.8) is 0 Å². The molecule has 0 spiro atoms. The van der Waals surface area contributed by atoms with Gasteiger partial charge in [-0.15, -0.1) is 10.2 Å². The van der Waals surface area contributed by atoms with Crippen molar-refractivity contribution in [1.82, 2.24) is 15.5 Å². The zero-order valence-corrected chi connectivity index (χ0v) is 14.3. The number of hydrogen-bond donors (Lipinski definition) is 1. The molecule has 1 N–H and O–H groups in total.